The lowest BCUT2D eigenvalue weighted by Gasteiger charge is -2.28. The first-order chi connectivity index (χ1) is 10.6. The van der Waals surface area contributed by atoms with Crippen molar-refractivity contribution in [3.05, 3.63) is 34.0 Å². The maximum absolute atomic E-state index is 11.7. The second-order valence-corrected chi connectivity index (χ2v) is 8.59. The fourth-order valence-corrected chi connectivity index (χ4v) is 5.17. The Morgan fingerprint density at radius 1 is 0.955 bits per heavy atom. The molecule has 22 heavy (non-hydrogen) atoms. The van der Waals surface area contributed by atoms with Crippen LogP contribution in [0.4, 0.5) is 5.69 Å². The van der Waals surface area contributed by atoms with Crippen LogP contribution in [-0.2, 0) is 35.5 Å². The third kappa shape index (κ3) is 2.56. The maximum Gasteiger partial charge on any atom is 0.173 e. The number of hydrogen-bond acceptors (Lipinski definition) is 4. The molecule has 2 aliphatic carbocycles. The lowest BCUT2D eigenvalue weighted by atomic mass is 9.87. The summed E-state index contributed by atoms with van der Waals surface area (Å²) in [4.78, 5) is 4.94. The van der Waals surface area contributed by atoms with Crippen LogP contribution in [-0.4, -0.2) is 25.2 Å². The molecule has 0 saturated carbocycles. The van der Waals surface area contributed by atoms with Crippen molar-refractivity contribution in [1.29, 1.82) is 0 Å². The highest BCUT2D eigenvalue weighted by Gasteiger charge is 2.27. The second kappa shape index (κ2) is 5.37. The van der Waals surface area contributed by atoms with Gasteiger partial charge >= 0.3 is 0 Å². The summed E-state index contributed by atoms with van der Waals surface area (Å²) in [5.41, 5.74) is 6.42. The van der Waals surface area contributed by atoms with Gasteiger partial charge in [0.05, 0.1) is 11.8 Å². The Morgan fingerprint density at radius 3 is 2.09 bits per heavy atom. The Morgan fingerprint density at radius 2 is 1.55 bits per heavy atom. The summed E-state index contributed by atoms with van der Waals surface area (Å²) in [6.45, 7) is 0. The van der Waals surface area contributed by atoms with Crippen LogP contribution in [0.15, 0.2) is 11.5 Å². The summed E-state index contributed by atoms with van der Waals surface area (Å²) in [6.07, 6.45) is 10.9. The van der Waals surface area contributed by atoms with E-state index in [4.69, 9.17) is 4.98 Å². The van der Waals surface area contributed by atoms with E-state index in [2.05, 4.69) is 5.32 Å². The highest BCUT2D eigenvalue weighted by molar-refractivity contribution is 7.94. The van der Waals surface area contributed by atoms with E-state index in [1.54, 1.807) is 6.08 Å². The minimum atomic E-state index is -3.02. The van der Waals surface area contributed by atoms with Gasteiger partial charge in [-0.15, -0.1) is 0 Å². The van der Waals surface area contributed by atoms with E-state index < -0.39 is 9.84 Å². The molecule has 1 aliphatic heterocycles. The normalized spacial score (nSPS) is 25.5. The summed E-state index contributed by atoms with van der Waals surface area (Å²) in [5, 5.41) is 4.90. The minimum absolute atomic E-state index is 0.0931. The van der Waals surface area contributed by atoms with Crippen molar-refractivity contribution in [3.63, 3.8) is 0 Å². The van der Waals surface area contributed by atoms with E-state index in [1.165, 1.54) is 59.3 Å². The largest absolute Gasteiger partial charge is 0.377 e. The van der Waals surface area contributed by atoms with E-state index in [1.807, 2.05) is 0 Å². The number of nitrogens with zero attached hydrogens (tertiary/aromatic N) is 1. The molecule has 1 aromatic rings. The molecule has 1 unspecified atom stereocenters. The van der Waals surface area contributed by atoms with Gasteiger partial charge in [-0.1, -0.05) is 6.08 Å². The molecule has 4 rings (SSSR count). The predicted octanol–water partition coefficient (Wildman–Crippen LogP) is 2.56. The molecule has 3 aliphatic rings. The lowest BCUT2D eigenvalue weighted by Crippen LogP contribution is -2.25. The van der Waals surface area contributed by atoms with Crippen LogP contribution in [0.5, 0.6) is 0 Å². The number of fused-ring (bicyclic) bond motifs is 2. The van der Waals surface area contributed by atoms with E-state index in [0.717, 1.165) is 25.7 Å². The summed E-state index contributed by atoms with van der Waals surface area (Å²) < 4.78 is 23.3. The molecule has 0 radical (unpaired) electrons. The van der Waals surface area contributed by atoms with Crippen molar-refractivity contribution in [2.75, 3.05) is 11.1 Å². The minimum Gasteiger partial charge on any atom is -0.377 e. The molecule has 2 heterocycles. The third-order valence-corrected chi connectivity index (χ3v) is 6.41. The average Bonchev–Trinajstić information content (AvgIpc) is 2.86. The smallest absolute Gasteiger partial charge is 0.173 e. The van der Waals surface area contributed by atoms with Crippen LogP contribution in [0.3, 0.4) is 0 Å². The van der Waals surface area contributed by atoms with Crippen LogP contribution < -0.4 is 5.32 Å². The van der Waals surface area contributed by atoms with Gasteiger partial charge < -0.3 is 5.32 Å². The van der Waals surface area contributed by atoms with Gasteiger partial charge in [0.2, 0.25) is 0 Å². The van der Waals surface area contributed by atoms with E-state index >= 15 is 0 Å². The molecule has 4 nitrogen and oxygen atoms in total. The van der Waals surface area contributed by atoms with Crippen LogP contribution in [0, 0.1) is 0 Å². The van der Waals surface area contributed by atoms with Gasteiger partial charge in [-0.25, -0.2) is 8.42 Å². The molecule has 118 valence electrons. The van der Waals surface area contributed by atoms with Crippen LogP contribution >= 0.6 is 0 Å². The molecule has 0 amide bonds. The molecular formula is C17H22N2O2S. The summed E-state index contributed by atoms with van der Waals surface area (Å²) in [7, 11) is -3.02. The SMILES string of the molecule is O=S1(=O)C=CC(Nc2c3c(nc4c2CCCC4)CCCC3)C1. The number of nitrogens with one attached hydrogen (secondary N) is 1. The summed E-state index contributed by atoms with van der Waals surface area (Å²) >= 11 is 0. The first kappa shape index (κ1) is 14.2. The molecule has 0 aromatic carbocycles. The Balaban J connectivity index is 1.75. The zero-order chi connectivity index (χ0) is 15.2. The van der Waals surface area contributed by atoms with Gasteiger partial charge in [-0.3, -0.25) is 4.98 Å². The Labute approximate surface area is 131 Å². The van der Waals surface area contributed by atoms with Gasteiger partial charge in [0.1, 0.15) is 0 Å². The standard InChI is InChI=1S/C17H22N2O2S/c20-22(21)10-9-12(11-22)18-17-13-5-1-3-7-15(13)19-16-8-4-2-6-14(16)17/h9-10,12H,1-8,11H2,(H,18,19). The molecule has 0 fully saturated rings. The summed E-state index contributed by atoms with van der Waals surface area (Å²) in [6, 6.07) is -0.0931. The highest BCUT2D eigenvalue weighted by Crippen LogP contribution is 2.36. The second-order valence-electron chi connectivity index (χ2n) is 6.66. The van der Waals surface area contributed by atoms with Crippen molar-refractivity contribution >= 4 is 15.5 Å². The molecule has 1 N–H and O–H groups in total. The van der Waals surface area contributed by atoms with Crippen molar-refractivity contribution in [3.8, 4) is 0 Å². The number of aromatic nitrogens is 1. The zero-order valence-electron chi connectivity index (χ0n) is 12.8. The fraction of sp³-hybridized carbons (Fsp3) is 0.588. The molecule has 0 saturated heterocycles. The van der Waals surface area contributed by atoms with E-state index in [9.17, 15) is 8.42 Å². The average molecular weight is 318 g/mol. The number of aryl methyl sites for hydroxylation is 2. The number of sulfone groups is 1. The van der Waals surface area contributed by atoms with Gasteiger partial charge in [0.15, 0.2) is 9.84 Å². The highest BCUT2D eigenvalue weighted by atomic mass is 32.2. The number of rotatable bonds is 2. The molecule has 0 spiro atoms. The quantitative estimate of drug-likeness (QED) is 0.910. The van der Waals surface area contributed by atoms with Crippen molar-refractivity contribution < 1.29 is 8.42 Å². The Hall–Kier alpha value is -1.36. The monoisotopic (exact) mass is 318 g/mol. The predicted molar refractivity (Wildman–Crippen MR) is 87.9 cm³/mol. The topological polar surface area (TPSA) is 59.1 Å². The lowest BCUT2D eigenvalue weighted by molar-refractivity contribution is 0.605. The Bertz CT molecular complexity index is 703. The van der Waals surface area contributed by atoms with Gasteiger partial charge in [-0.05, 0) is 62.5 Å². The van der Waals surface area contributed by atoms with Crippen LogP contribution in [0.25, 0.3) is 0 Å². The molecule has 0 bridgehead atoms. The first-order valence-electron chi connectivity index (χ1n) is 8.33. The zero-order valence-corrected chi connectivity index (χ0v) is 13.6. The summed E-state index contributed by atoms with van der Waals surface area (Å²) in [5.74, 6) is 0.179. The van der Waals surface area contributed by atoms with E-state index in [-0.39, 0.29) is 11.8 Å². The Kier molecular flexibility index (Phi) is 3.48. The van der Waals surface area contributed by atoms with Crippen molar-refractivity contribution in [1.82, 2.24) is 4.98 Å². The molecule has 1 aromatic heterocycles. The fourth-order valence-electron chi connectivity index (χ4n) is 3.93. The molecular weight excluding hydrogens is 296 g/mol. The van der Waals surface area contributed by atoms with Gasteiger partial charge in [-0.2, -0.15) is 0 Å². The van der Waals surface area contributed by atoms with Crippen LogP contribution in [0.1, 0.15) is 48.2 Å². The number of pyridine rings is 1. The van der Waals surface area contributed by atoms with Crippen molar-refractivity contribution in [2.45, 2.75) is 57.4 Å². The van der Waals surface area contributed by atoms with Gasteiger partial charge in [0, 0.05) is 22.5 Å². The van der Waals surface area contributed by atoms with Crippen molar-refractivity contribution in [2.24, 2.45) is 0 Å². The van der Waals surface area contributed by atoms with Gasteiger partial charge in [0.25, 0.3) is 0 Å². The number of anilines is 1. The molecule has 5 heteroatoms. The maximum atomic E-state index is 11.7. The molecule has 1 atom stereocenters. The number of hydrogen-bond donors (Lipinski definition) is 1. The van der Waals surface area contributed by atoms with E-state index in [0.29, 0.717) is 0 Å². The van der Waals surface area contributed by atoms with Crippen LogP contribution in [0.2, 0.25) is 0 Å². The third-order valence-electron chi connectivity index (χ3n) is 5.01. The first-order valence-corrected chi connectivity index (χ1v) is 10.0.